The van der Waals surface area contributed by atoms with Gasteiger partial charge in [-0.1, -0.05) is 54.1 Å². The van der Waals surface area contributed by atoms with Crippen LogP contribution < -0.4 is 4.74 Å². The lowest BCUT2D eigenvalue weighted by Gasteiger charge is -2.08. The van der Waals surface area contributed by atoms with Gasteiger partial charge in [-0.2, -0.15) is 0 Å². The Labute approximate surface area is 109 Å². The maximum Gasteiger partial charge on any atom is 0.513 e. The van der Waals surface area contributed by atoms with Crippen LogP contribution in [-0.4, -0.2) is 17.2 Å². The van der Waals surface area contributed by atoms with Crippen molar-refractivity contribution >= 4 is 28.7 Å². The van der Waals surface area contributed by atoms with Crippen LogP contribution in [0.5, 0.6) is 5.75 Å². The van der Waals surface area contributed by atoms with E-state index in [1.807, 2.05) is 18.2 Å². The number of carbonyl (C=O) groups excluding carboxylic acids is 1. The molecule has 0 saturated carbocycles. The van der Waals surface area contributed by atoms with Gasteiger partial charge in [0.2, 0.25) is 0 Å². The third-order valence-electron chi connectivity index (χ3n) is 1.98. The Kier molecular flexibility index (Phi) is 6.22. The summed E-state index contributed by atoms with van der Waals surface area (Å²) in [5.74, 6) is 0.600. The van der Waals surface area contributed by atoms with Crippen LogP contribution in [0.15, 0.2) is 24.3 Å². The number of rotatable bonds is 5. The van der Waals surface area contributed by atoms with Gasteiger partial charge in [0.05, 0.1) is 0 Å². The van der Waals surface area contributed by atoms with Crippen molar-refractivity contribution in [2.24, 2.45) is 0 Å². The average Bonchev–Trinajstić information content (AvgIpc) is 2.29. The molecule has 0 aliphatic carbocycles. The van der Waals surface area contributed by atoms with E-state index < -0.39 is 6.16 Å². The molecule has 0 unspecified atom stereocenters. The predicted molar refractivity (Wildman–Crippen MR) is 71.3 cm³/mol. The first-order valence-electron chi connectivity index (χ1n) is 5.26. The molecule has 1 rings (SSSR count). The molecule has 0 aromatic heterocycles. The number of aryl methyl sites for hydroxylation is 1. The predicted octanol–water partition coefficient (Wildman–Crippen LogP) is 3.59. The fourth-order valence-corrected chi connectivity index (χ4v) is 1.54. The number of alkyl halides is 1. The van der Waals surface area contributed by atoms with Gasteiger partial charge in [-0.15, -0.1) is 0 Å². The summed E-state index contributed by atoms with van der Waals surface area (Å²) in [6.45, 7) is 2.47. The molecule has 0 radical (unpaired) electrons. The highest BCUT2D eigenvalue weighted by atomic mass is 127. The van der Waals surface area contributed by atoms with E-state index in [1.165, 1.54) is 0 Å². The van der Waals surface area contributed by atoms with Gasteiger partial charge in [0, 0.05) is 4.43 Å². The second kappa shape index (κ2) is 7.49. The van der Waals surface area contributed by atoms with Gasteiger partial charge in [0.1, 0.15) is 12.4 Å². The molecule has 16 heavy (non-hydrogen) atoms. The number of hydrogen-bond donors (Lipinski definition) is 0. The molecule has 0 bridgehead atoms. The lowest BCUT2D eigenvalue weighted by molar-refractivity contribution is 0.105. The van der Waals surface area contributed by atoms with Gasteiger partial charge in [-0.05, 0) is 18.1 Å². The summed E-state index contributed by atoms with van der Waals surface area (Å²) in [5.41, 5.74) is 1.04. The van der Waals surface area contributed by atoms with Crippen LogP contribution in [0.3, 0.4) is 0 Å². The minimum absolute atomic E-state index is 0.384. The van der Waals surface area contributed by atoms with E-state index in [2.05, 4.69) is 29.5 Å². The Hall–Kier alpha value is -0.780. The van der Waals surface area contributed by atoms with E-state index in [1.54, 1.807) is 6.07 Å². The zero-order valence-corrected chi connectivity index (χ0v) is 11.4. The Balaban J connectivity index is 2.61. The average molecular weight is 334 g/mol. The Bertz CT molecular complexity index is 339. The van der Waals surface area contributed by atoms with E-state index in [4.69, 9.17) is 9.47 Å². The first kappa shape index (κ1) is 13.3. The molecular formula is C12H15IO3. The van der Waals surface area contributed by atoms with Gasteiger partial charge in [-0.3, -0.25) is 0 Å². The standard InChI is InChI=1S/C12H15IO3/c1-2-5-10-6-3-4-7-11(10)16-12(14)15-9-8-13/h3-4,6-7H,2,5,8-9H2,1H3. The molecule has 0 aliphatic rings. The Morgan fingerprint density at radius 3 is 2.81 bits per heavy atom. The number of benzene rings is 1. The van der Waals surface area contributed by atoms with Crippen molar-refractivity contribution in [1.29, 1.82) is 0 Å². The van der Waals surface area contributed by atoms with Crippen molar-refractivity contribution in [2.45, 2.75) is 19.8 Å². The molecule has 88 valence electrons. The van der Waals surface area contributed by atoms with Gasteiger partial charge in [0.25, 0.3) is 0 Å². The fourth-order valence-electron chi connectivity index (χ4n) is 1.32. The summed E-state index contributed by atoms with van der Waals surface area (Å²) in [7, 11) is 0. The highest BCUT2D eigenvalue weighted by Crippen LogP contribution is 2.19. The molecule has 0 heterocycles. The van der Waals surface area contributed by atoms with E-state index in [0.717, 1.165) is 22.8 Å². The molecule has 0 aliphatic heterocycles. The maximum atomic E-state index is 11.3. The van der Waals surface area contributed by atoms with Crippen molar-refractivity contribution in [2.75, 3.05) is 11.0 Å². The first-order chi connectivity index (χ1) is 7.77. The molecule has 0 saturated heterocycles. The summed E-state index contributed by atoms with van der Waals surface area (Å²) in [5, 5.41) is 0. The summed E-state index contributed by atoms with van der Waals surface area (Å²) in [6, 6.07) is 7.54. The third-order valence-corrected chi connectivity index (χ3v) is 2.42. The van der Waals surface area contributed by atoms with Crippen molar-refractivity contribution in [1.82, 2.24) is 0 Å². The molecule has 1 aromatic rings. The lowest BCUT2D eigenvalue weighted by atomic mass is 10.1. The highest BCUT2D eigenvalue weighted by molar-refractivity contribution is 14.1. The number of para-hydroxylation sites is 1. The highest BCUT2D eigenvalue weighted by Gasteiger charge is 2.08. The Morgan fingerprint density at radius 2 is 2.12 bits per heavy atom. The quantitative estimate of drug-likeness (QED) is 0.357. The second-order valence-corrected chi connectivity index (χ2v) is 4.33. The van der Waals surface area contributed by atoms with Gasteiger partial charge in [0.15, 0.2) is 0 Å². The number of hydrogen-bond acceptors (Lipinski definition) is 3. The van der Waals surface area contributed by atoms with Crippen LogP contribution in [0.4, 0.5) is 4.79 Å². The third kappa shape index (κ3) is 4.38. The van der Waals surface area contributed by atoms with E-state index in [9.17, 15) is 4.79 Å². The molecule has 0 fully saturated rings. The molecule has 0 amide bonds. The molecule has 0 N–H and O–H groups in total. The normalized spacial score (nSPS) is 9.88. The minimum Gasteiger partial charge on any atom is -0.433 e. The fraction of sp³-hybridized carbons (Fsp3) is 0.417. The second-order valence-electron chi connectivity index (χ2n) is 3.25. The van der Waals surface area contributed by atoms with Crippen LogP contribution in [0.2, 0.25) is 0 Å². The van der Waals surface area contributed by atoms with Crippen molar-refractivity contribution in [3.63, 3.8) is 0 Å². The van der Waals surface area contributed by atoms with Crippen LogP contribution in [0.1, 0.15) is 18.9 Å². The van der Waals surface area contributed by atoms with E-state index in [0.29, 0.717) is 12.4 Å². The van der Waals surface area contributed by atoms with Gasteiger partial charge >= 0.3 is 6.16 Å². The van der Waals surface area contributed by atoms with Crippen molar-refractivity contribution in [3.05, 3.63) is 29.8 Å². The molecule has 1 aromatic carbocycles. The van der Waals surface area contributed by atoms with Gasteiger partial charge in [-0.25, -0.2) is 4.79 Å². The number of ether oxygens (including phenoxy) is 2. The maximum absolute atomic E-state index is 11.3. The van der Waals surface area contributed by atoms with Gasteiger partial charge < -0.3 is 9.47 Å². The van der Waals surface area contributed by atoms with Crippen LogP contribution >= 0.6 is 22.6 Å². The summed E-state index contributed by atoms with van der Waals surface area (Å²) in [4.78, 5) is 11.3. The van der Waals surface area contributed by atoms with E-state index >= 15 is 0 Å². The topological polar surface area (TPSA) is 35.5 Å². The molecule has 0 spiro atoms. The summed E-state index contributed by atoms with van der Waals surface area (Å²) < 4.78 is 10.8. The van der Waals surface area contributed by atoms with Crippen molar-refractivity contribution < 1.29 is 14.3 Å². The summed E-state index contributed by atoms with van der Waals surface area (Å²) >= 11 is 2.14. The van der Waals surface area contributed by atoms with Crippen LogP contribution in [0, 0.1) is 0 Å². The smallest absolute Gasteiger partial charge is 0.433 e. The minimum atomic E-state index is -0.625. The van der Waals surface area contributed by atoms with E-state index in [-0.39, 0.29) is 0 Å². The lowest BCUT2D eigenvalue weighted by Crippen LogP contribution is -2.12. The Morgan fingerprint density at radius 1 is 1.38 bits per heavy atom. The van der Waals surface area contributed by atoms with Crippen LogP contribution in [0.25, 0.3) is 0 Å². The zero-order chi connectivity index (χ0) is 11.8. The van der Waals surface area contributed by atoms with Crippen LogP contribution in [-0.2, 0) is 11.2 Å². The first-order valence-corrected chi connectivity index (χ1v) is 6.79. The number of halogens is 1. The van der Waals surface area contributed by atoms with Crippen molar-refractivity contribution in [3.8, 4) is 5.75 Å². The molecule has 0 atom stereocenters. The SMILES string of the molecule is CCCc1ccccc1OC(=O)OCCI. The zero-order valence-electron chi connectivity index (χ0n) is 9.24. The summed E-state index contributed by atoms with van der Waals surface area (Å²) in [6.07, 6.45) is 1.29. The molecular weight excluding hydrogens is 319 g/mol. The molecule has 3 nitrogen and oxygen atoms in total. The monoisotopic (exact) mass is 334 g/mol. The largest absolute Gasteiger partial charge is 0.513 e. The molecule has 4 heteroatoms. The number of carbonyl (C=O) groups is 1.